The third kappa shape index (κ3) is 4.91. The van der Waals surface area contributed by atoms with Gasteiger partial charge >= 0.3 is 0 Å². The Morgan fingerprint density at radius 1 is 1.06 bits per heavy atom. The number of hydrogen-bond donors (Lipinski definition) is 1. The Kier molecular flexibility index (Phi) is 6.71. The lowest BCUT2D eigenvalue weighted by Crippen LogP contribution is -2.34. The summed E-state index contributed by atoms with van der Waals surface area (Å²) >= 11 is 0. The maximum absolute atomic E-state index is 13.0. The smallest absolute Gasteiger partial charge is 0.240 e. The van der Waals surface area contributed by atoms with Gasteiger partial charge in [0, 0.05) is 25.9 Å². The summed E-state index contributed by atoms with van der Waals surface area (Å²) in [6, 6.07) is 11.2. The minimum absolute atomic E-state index is 0.0322. The molecule has 0 spiro atoms. The van der Waals surface area contributed by atoms with E-state index in [1.54, 1.807) is 19.1 Å². The third-order valence-electron chi connectivity index (χ3n) is 5.99. The number of hydrogen-bond acceptors (Lipinski definition) is 5. The average Bonchev–Trinajstić information content (AvgIpc) is 3.14. The highest BCUT2D eigenvalue weighted by atomic mass is 32.2. The second-order valence-electron chi connectivity index (χ2n) is 8.42. The lowest BCUT2D eigenvalue weighted by Gasteiger charge is -2.26. The van der Waals surface area contributed by atoms with Crippen LogP contribution in [-0.2, 0) is 14.8 Å². The van der Waals surface area contributed by atoms with E-state index in [9.17, 15) is 13.2 Å². The summed E-state index contributed by atoms with van der Waals surface area (Å²) < 4.78 is 39.5. The van der Waals surface area contributed by atoms with Gasteiger partial charge in [-0.1, -0.05) is 18.2 Å². The van der Waals surface area contributed by atoms with Gasteiger partial charge in [-0.05, 0) is 61.6 Å². The molecule has 172 valence electrons. The molecule has 2 aliphatic heterocycles. The minimum Gasteiger partial charge on any atom is -0.490 e. The minimum atomic E-state index is -3.66. The Hall–Kier alpha value is -2.58. The van der Waals surface area contributed by atoms with Crippen molar-refractivity contribution in [1.29, 1.82) is 0 Å². The van der Waals surface area contributed by atoms with Gasteiger partial charge in [0.15, 0.2) is 11.5 Å². The number of sulfonamides is 1. The van der Waals surface area contributed by atoms with Crippen molar-refractivity contribution in [3.05, 3.63) is 53.1 Å². The van der Waals surface area contributed by atoms with Crippen molar-refractivity contribution in [2.45, 2.75) is 50.5 Å². The number of carbonyl (C=O) groups is 1. The maximum atomic E-state index is 13.0. The van der Waals surface area contributed by atoms with Crippen molar-refractivity contribution in [2.24, 2.45) is 0 Å². The van der Waals surface area contributed by atoms with Crippen LogP contribution in [-0.4, -0.2) is 45.5 Å². The number of fused-ring (bicyclic) bond motifs is 1. The second-order valence-corrected chi connectivity index (χ2v) is 10.2. The van der Waals surface area contributed by atoms with Crippen LogP contribution in [0, 0.1) is 13.8 Å². The summed E-state index contributed by atoms with van der Waals surface area (Å²) in [4.78, 5) is 15.1. The quantitative estimate of drug-likeness (QED) is 0.716. The number of aryl methyl sites for hydroxylation is 2. The largest absolute Gasteiger partial charge is 0.490 e. The first-order chi connectivity index (χ1) is 15.3. The van der Waals surface area contributed by atoms with E-state index in [1.807, 2.05) is 36.1 Å². The molecular formula is C24H30N2O5S. The molecule has 0 bridgehead atoms. The molecule has 2 aromatic carbocycles. The monoisotopic (exact) mass is 458 g/mol. The zero-order valence-electron chi connectivity index (χ0n) is 18.6. The lowest BCUT2D eigenvalue weighted by molar-refractivity contribution is -0.131. The molecule has 8 heteroatoms. The van der Waals surface area contributed by atoms with Crippen molar-refractivity contribution >= 4 is 15.9 Å². The molecule has 4 rings (SSSR count). The van der Waals surface area contributed by atoms with Crippen LogP contribution in [0.4, 0.5) is 0 Å². The Morgan fingerprint density at radius 3 is 2.66 bits per heavy atom. The molecule has 0 aliphatic carbocycles. The summed E-state index contributed by atoms with van der Waals surface area (Å²) in [7, 11) is -3.66. The van der Waals surface area contributed by atoms with E-state index < -0.39 is 10.0 Å². The van der Waals surface area contributed by atoms with Gasteiger partial charge in [0.1, 0.15) is 0 Å². The summed E-state index contributed by atoms with van der Waals surface area (Å²) in [5, 5.41) is 0. The van der Waals surface area contributed by atoms with Gasteiger partial charge in [-0.3, -0.25) is 4.79 Å². The van der Waals surface area contributed by atoms with E-state index in [-0.39, 0.29) is 29.8 Å². The van der Waals surface area contributed by atoms with Crippen LogP contribution in [0.1, 0.15) is 48.4 Å². The number of ether oxygens (including phenoxy) is 2. The summed E-state index contributed by atoms with van der Waals surface area (Å²) in [6.07, 6.45) is 2.75. The Morgan fingerprint density at radius 2 is 1.84 bits per heavy atom. The molecule has 1 atom stereocenters. The number of nitrogens with one attached hydrogen (secondary N) is 1. The van der Waals surface area contributed by atoms with Gasteiger partial charge < -0.3 is 14.4 Å². The zero-order chi connectivity index (χ0) is 22.7. The number of carbonyl (C=O) groups excluding carboxylic acids is 1. The molecule has 32 heavy (non-hydrogen) atoms. The van der Waals surface area contributed by atoms with Crippen molar-refractivity contribution in [1.82, 2.24) is 9.62 Å². The molecule has 0 aromatic heterocycles. The number of rotatable bonds is 6. The van der Waals surface area contributed by atoms with E-state index in [0.717, 1.165) is 41.9 Å². The van der Waals surface area contributed by atoms with E-state index in [0.29, 0.717) is 25.3 Å². The highest BCUT2D eigenvalue weighted by Crippen LogP contribution is 2.38. The number of nitrogens with zero attached hydrogens (tertiary/aromatic N) is 1. The molecule has 0 radical (unpaired) electrons. The second kappa shape index (κ2) is 9.50. The highest BCUT2D eigenvalue weighted by molar-refractivity contribution is 7.89. The normalized spacial score (nSPS) is 18.4. The van der Waals surface area contributed by atoms with E-state index in [1.165, 1.54) is 0 Å². The van der Waals surface area contributed by atoms with Gasteiger partial charge in [-0.15, -0.1) is 0 Å². The molecule has 2 aliphatic rings. The topological polar surface area (TPSA) is 84.9 Å². The standard InChI is InChI=1S/C24H30N2O5S/c1-17-6-7-18(2)23(15-17)32(28,29)25-11-10-24(27)26-12-3-5-20(26)19-8-9-21-22(16-19)31-14-4-13-30-21/h6-9,15-16,20,25H,3-5,10-14H2,1-2H3. The molecular weight excluding hydrogens is 428 g/mol. The fourth-order valence-electron chi connectivity index (χ4n) is 4.31. The highest BCUT2D eigenvalue weighted by Gasteiger charge is 2.30. The van der Waals surface area contributed by atoms with E-state index in [2.05, 4.69) is 4.72 Å². The van der Waals surface area contributed by atoms with Crippen LogP contribution in [0.3, 0.4) is 0 Å². The van der Waals surface area contributed by atoms with E-state index in [4.69, 9.17) is 9.47 Å². The number of amides is 1. The first-order valence-corrected chi connectivity index (χ1v) is 12.6. The van der Waals surface area contributed by atoms with Crippen LogP contribution in [0.25, 0.3) is 0 Å². The van der Waals surface area contributed by atoms with Crippen LogP contribution >= 0.6 is 0 Å². The third-order valence-corrected chi connectivity index (χ3v) is 7.60. The van der Waals surface area contributed by atoms with Gasteiger partial charge in [0.2, 0.25) is 15.9 Å². The molecule has 1 N–H and O–H groups in total. The Labute approximate surface area is 189 Å². The zero-order valence-corrected chi connectivity index (χ0v) is 19.4. The number of benzene rings is 2. The fourth-order valence-corrected chi connectivity index (χ4v) is 5.67. The predicted octanol–water partition coefficient (Wildman–Crippen LogP) is 3.50. The van der Waals surface area contributed by atoms with Gasteiger partial charge in [0.25, 0.3) is 0 Å². The van der Waals surface area contributed by atoms with Gasteiger partial charge in [-0.2, -0.15) is 0 Å². The first kappa shape index (κ1) is 22.6. The van der Waals surface area contributed by atoms with Crippen LogP contribution in [0.5, 0.6) is 11.5 Å². The fraction of sp³-hybridized carbons (Fsp3) is 0.458. The Bertz CT molecular complexity index is 1100. The van der Waals surface area contributed by atoms with Crippen molar-refractivity contribution < 1.29 is 22.7 Å². The molecule has 1 unspecified atom stereocenters. The summed E-state index contributed by atoms with van der Waals surface area (Å²) in [6.45, 7) is 5.61. The molecule has 1 fully saturated rings. The first-order valence-electron chi connectivity index (χ1n) is 11.1. The van der Waals surface area contributed by atoms with Gasteiger partial charge in [-0.25, -0.2) is 13.1 Å². The molecule has 2 heterocycles. The van der Waals surface area contributed by atoms with Crippen molar-refractivity contribution in [3.8, 4) is 11.5 Å². The predicted molar refractivity (Wildman–Crippen MR) is 121 cm³/mol. The van der Waals surface area contributed by atoms with Crippen molar-refractivity contribution in [3.63, 3.8) is 0 Å². The average molecular weight is 459 g/mol. The van der Waals surface area contributed by atoms with Gasteiger partial charge in [0.05, 0.1) is 24.2 Å². The lowest BCUT2D eigenvalue weighted by atomic mass is 10.0. The molecule has 0 saturated carbocycles. The van der Waals surface area contributed by atoms with Crippen LogP contribution < -0.4 is 14.2 Å². The summed E-state index contributed by atoms with van der Waals surface area (Å²) in [5.74, 6) is 1.41. The van der Waals surface area contributed by atoms with E-state index >= 15 is 0 Å². The van der Waals surface area contributed by atoms with Crippen LogP contribution in [0.15, 0.2) is 41.3 Å². The van der Waals surface area contributed by atoms with Crippen LogP contribution in [0.2, 0.25) is 0 Å². The SMILES string of the molecule is Cc1ccc(C)c(S(=O)(=O)NCCC(=O)N2CCCC2c2ccc3c(c2)OCCCO3)c1. The Balaban J connectivity index is 1.40. The molecule has 1 amide bonds. The summed E-state index contributed by atoms with van der Waals surface area (Å²) in [5.41, 5.74) is 2.58. The number of likely N-dealkylation sites (tertiary alicyclic amines) is 1. The molecule has 7 nitrogen and oxygen atoms in total. The molecule has 2 aromatic rings. The maximum Gasteiger partial charge on any atom is 0.240 e. The van der Waals surface area contributed by atoms with Crippen molar-refractivity contribution in [2.75, 3.05) is 26.3 Å². The molecule has 1 saturated heterocycles.